The zero-order valence-electron chi connectivity index (χ0n) is 15.8. The molecule has 2 aliphatic rings. The van der Waals surface area contributed by atoms with Gasteiger partial charge in [-0.3, -0.25) is 9.52 Å². The van der Waals surface area contributed by atoms with Crippen molar-refractivity contribution in [3.63, 3.8) is 0 Å². The number of aryl methyl sites for hydroxylation is 1. The zero-order chi connectivity index (χ0) is 19.9. The molecule has 0 radical (unpaired) electrons. The fourth-order valence-corrected chi connectivity index (χ4v) is 5.40. The Bertz CT molecular complexity index is 988. The number of anilines is 1. The molecule has 3 unspecified atom stereocenters. The number of nitrogens with two attached hydrogens (primary N) is 1. The van der Waals surface area contributed by atoms with Crippen LogP contribution in [-0.4, -0.2) is 38.4 Å². The predicted octanol–water partition coefficient (Wildman–Crippen LogP) is 2.61. The first-order valence-electron chi connectivity index (χ1n) is 9.58. The highest BCUT2D eigenvalue weighted by Crippen LogP contribution is 2.38. The molecule has 28 heavy (non-hydrogen) atoms. The zero-order valence-corrected chi connectivity index (χ0v) is 16.7. The van der Waals surface area contributed by atoms with E-state index in [0.29, 0.717) is 36.2 Å². The molecule has 1 aliphatic heterocycles. The Morgan fingerprint density at radius 2 is 1.79 bits per heavy atom. The van der Waals surface area contributed by atoms with Gasteiger partial charge in [-0.2, -0.15) is 0 Å². The molecule has 3 atom stereocenters. The van der Waals surface area contributed by atoms with E-state index >= 15 is 0 Å². The highest BCUT2D eigenvalue weighted by molar-refractivity contribution is 7.92. The molecule has 1 amide bonds. The van der Waals surface area contributed by atoms with Gasteiger partial charge in [0, 0.05) is 19.1 Å². The Morgan fingerprint density at radius 3 is 2.50 bits per heavy atom. The maximum atomic E-state index is 13.1. The molecule has 1 heterocycles. The third-order valence-corrected chi connectivity index (χ3v) is 7.31. The molecule has 1 saturated heterocycles. The number of sulfonamides is 1. The lowest BCUT2D eigenvalue weighted by atomic mass is 9.98. The van der Waals surface area contributed by atoms with Crippen LogP contribution >= 0.6 is 0 Å². The van der Waals surface area contributed by atoms with Gasteiger partial charge < -0.3 is 10.6 Å². The second-order valence-corrected chi connectivity index (χ2v) is 9.52. The topological polar surface area (TPSA) is 92.5 Å². The molecule has 7 heteroatoms. The predicted molar refractivity (Wildman–Crippen MR) is 109 cm³/mol. The molecule has 1 saturated carbocycles. The molecule has 0 aromatic heterocycles. The van der Waals surface area contributed by atoms with Gasteiger partial charge in [-0.25, -0.2) is 8.42 Å². The number of para-hydroxylation sites is 1. The smallest absolute Gasteiger partial charge is 0.261 e. The van der Waals surface area contributed by atoms with Gasteiger partial charge >= 0.3 is 0 Å². The molecule has 6 nitrogen and oxygen atoms in total. The van der Waals surface area contributed by atoms with Crippen LogP contribution in [0.1, 0.15) is 28.8 Å². The Hall–Kier alpha value is -2.38. The standard InChI is InChI=1S/C21H25N3O3S/c1-14-6-9-16(10-7-14)28(26,27)23-20-5-3-2-4-17(20)21(25)24-12-15-8-11-19(22)18(15)13-24/h2-7,9-10,15,18-19,23H,8,11-13,22H2,1H3. The summed E-state index contributed by atoms with van der Waals surface area (Å²) in [5.41, 5.74) is 7.83. The van der Waals surface area contributed by atoms with Crippen LogP contribution in [0.4, 0.5) is 5.69 Å². The van der Waals surface area contributed by atoms with E-state index in [9.17, 15) is 13.2 Å². The van der Waals surface area contributed by atoms with E-state index in [4.69, 9.17) is 5.73 Å². The number of nitrogens with zero attached hydrogens (tertiary/aromatic N) is 1. The minimum atomic E-state index is -3.77. The Morgan fingerprint density at radius 1 is 1.07 bits per heavy atom. The van der Waals surface area contributed by atoms with Gasteiger partial charge in [0.05, 0.1) is 16.1 Å². The number of carbonyl (C=O) groups is 1. The van der Waals surface area contributed by atoms with Gasteiger partial charge in [-0.05, 0) is 55.9 Å². The Labute approximate surface area is 165 Å². The Kier molecular flexibility index (Phi) is 4.89. The molecule has 148 valence electrons. The van der Waals surface area contributed by atoms with Crippen molar-refractivity contribution in [1.29, 1.82) is 0 Å². The molecular weight excluding hydrogens is 374 g/mol. The largest absolute Gasteiger partial charge is 0.338 e. The van der Waals surface area contributed by atoms with Crippen molar-refractivity contribution in [2.45, 2.75) is 30.7 Å². The van der Waals surface area contributed by atoms with Gasteiger partial charge in [0.25, 0.3) is 15.9 Å². The maximum absolute atomic E-state index is 13.1. The van der Waals surface area contributed by atoms with Gasteiger partial charge in [-0.15, -0.1) is 0 Å². The normalized spacial score (nSPS) is 24.2. The third-order valence-electron chi connectivity index (χ3n) is 5.93. The second kappa shape index (κ2) is 7.22. The van der Waals surface area contributed by atoms with Gasteiger partial charge in [0.15, 0.2) is 0 Å². The van der Waals surface area contributed by atoms with E-state index in [1.807, 2.05) is 11.8 Å². The lowest BCUT2D eigenvalue weighted by Crippen LogP contribution is -2.34. The fraction of sp³-hybridized carbons (Fsp3) is 0.381. The number of rotatable bonds is 4. The summed E-state index contributed by atoms with van der Waals surface area (Å²) in [7, 11) is -3.77. The molecule has 1 aliphatic carbocycles. The average molecular weight is 400 g/mol. The highest BCUT2D eigenvalue weighted by Gasteiger charge is 2.42. The minimum absolute atomic E-state index is 0.149. The van der Waals surface area contributed by atoms with Crippen LogP contribution in [0.15, 0.2) is 53.4 Å². The SMILES string of the molecule is Cc1ccc(S(=O)(=O)Nc2ccccc2C(=O)N2CC3CCC(N)C3C2)cc1. The molecular formula is C21H25N3O3S. The van der Waals surface area contributed by atoms with Crippen LogP contribution < -0.4 is 10.5 Å². The van der Waals surface area contributed by atoms with Crippen molar-refractivity contribution < 1.29 is 13.2 Å². The summed E-state index contributed by atoms with van der Waals surface area (Å²) in [6.45, 7) is 3.23. The molecule has 2 aromatic carbocycles. The number of likely N-dealkylation sites (tertiary alicyclic amines) is 1. The van der Waals surface area contributed by atoms with E-state index in [1.54, 1.807) is 48.5 Å². The summed E-state index contributed by atoms with van der Waals surface area (Å²) >= 11 is 0. The molecule has 2 aromatic rings. The first-order chi connectivity index (χ1) is 13.3. The van der Waals surface area contributed by atoms with E-state index in [1.165, 1.54) is 0 Å². The minimum Gasteiger partial charge on any atom is -0.338 e. The number of amides is 1. The van der Waals surface area contributed by atoms with Crippen LogP contribution in [0, 0.1) is 18.8 Å². The van der Waals surface area contributed by atoms with E-state index in [2.05, 4.69) is 4.72 Å². The molecule has 0 bridgehead atoms. The summed E-state index contributed by atoms with van der Waals surface area (Å²) in [5.74, 6) is 0.652. The van der Waals surface area contributed by atoms with Crippen LogP contribution in [0.5, 0.6) is 0 Å². The third kappa shape index (κ3) is 3.52. The average Bonchev–Trinajstić information content (AvgIpc) is 3.24. The number of carbonyl (C=O) groups excluding carboxylic acids is 1. The van der Waals surface area contributed by atoms with Gasteiger partial charge in [0.2, 0.25) is 0 Å². The maximum Gasteiger partial charge on any atom is 0.261 e. The molecule has 0 spiro atoms. The van der Waals surface area contributed by atoms with Crippen molar-refractivity contribution in [2.24, 2.45) is 17.6 Å². The number of fused-ring (bicyclic) bond motifs is 1. The van der Waals surface area contributed by atoms with Crippen molar-refractivity contribution in [3.05, 3.63) is 59.7 Å². The van der Waals surface area contributed by atoms with E-state index < -0.39 is 10.0 Å². The van der Waals surface area contributed by atoms with Gasteiger partial charge in [0.1, 0.15) is 0 Å². The number of benzene rings is 2. The first kappa shape index (κ1) is 19.0. The summed E-state index contributed by atoms with van der Waals surface area (Å²) in [5, 5.41) is 0. The molecule has 3 N–H and O–H groups in total. The summed E-state index contributed by atoms with van der Waals surface area (Å²) in [6.07, 6.45) is 2.07. The molecule has 2 fully saturated rings. The second-order valence-electron chi connectivity index (χ2n) is 7.84. The van der Waals surface area contributed by atoms with Crippen LogP contribution in [0.3, 0.4) is 0 Å². The van der Waals surface area contributed by atoms with Crippen molar-refractivity contribution in [1.82, 2.24) is 4.90 Å². The van der Waals surface area contributed by atoms with Crippen LogP contribution in [0.25, 0.3) is 0 Å². The highest BCUT2D eigenvalue weighted by atomic mass is 32.2. The van der Waals surface area contributed by atoms with Crippen molar-refractivity contribution >= 4 is 21.6 Å². The fourth-order valence-electron chi connectivity index (χ4n) is 4.32. The number of hydrogen-bond donors (Lipinski definition) is 2. The molecule has 4 rings (SSSR count). The summed E-state index contributed by atoms with van der Waals surface area (Å²) in [4.78, 5) is 15.1. The van der Waals surface area contributed by atoms with Crippen molar-refractivity contribution in [3.8, 4) is 0 Å². The Balaban J connectivity index is 1.57. The van der Waals surface area contributed by atoms with Gasteiger partial charge in [-0.1, -0.05) is 29.8 Å². The van der Waals surface area contributed by atoms with Crippen LogP contribution in [-0.2, 0) is 10.0 Å². The monoisotopic (exact) mass is 399 g/mol. The lowest BCUT2D eigenvalue weighted by Gasteiger charge is -2.20. The van der Waals surface area contributed by atoms with Crippen molar-refractivity contribution in [2.75, 3.05) is 17.8 Å². The quantitative estimate of drug-likeness (QED) is 0.827. The lowest BCUT2D eigenvalue weighted by molar-refractivity contribution is 0.0780. The summed E-state index contributed by atoms with van der Waals surface area (Å²) < 4.78 is 28.1. The van der Waals surface area contributed by atoms with E-state index in [0.717, 1.165) is 18.4 Å². The number of hydrogen-bond acceptors (Lipinski definition) is 4. The number of nitrogens with one attached hydrogen (secondary N) is 1. The summed E-state index contributed by atoms with van der Waals surface area (Å²) in [6, 6.07) is 13.5. The van der Waals surface area contributed by atoms with E-state index in [-0.39, 0.29) is 16.8 Å². The first-order valence-corrected chi connectivity index (χ1v) is 11.1. The van der Waals surface area contributed by atoms with Crippen LogP contribution in [0.2, 0.25) is 0 Å².